The third-order valence-electron chi connectivity index (χ3n) is 3.08. The summed E-state index contributed by atoms with van der Waals surface area (Å²) < 4.78 is 36.1. The van der Waals surface area contributed by atoms with Crippen molar-refractivity contribution < 1.29 is 27.8 Å². The molecule has 9 heteroatoms. The number of methoxy groups -OCH3 is 2. The number of aliphatic carboxylic acids is 1. The predicted molar refractivity (Wildman–Crippen MR) is 81.2 cm³/mol. The number of nitrogens with zero attached hydrogens (tertiary/aromatic N) is 1. The van der Waals surface area contributed by atoms with E-state index in [1.54, 1.807) is 0 Å². The van der Waals surface area contributed by atoms with Crippen molar-refractivity contribution >= 4 is 27.6 Å². The number of rotatable bonds is 7. The fourth-order valence-corrected chi connectivity index (χ4v) is 3.53. The van der Waals surface area contributed by atoms with E-state index in [0.717, 1.165) is 4.31 Å². The van der Waals surface area contributed by atoms with Gasteiger partial charge in [0.15, 0.2) is 11.5 Å². The van der Waals surface area contributed by atoms with E-state index in [2.05, 4.69) is 0 Å². The highest BCUT2D eigenvalue weighted by Crippen LogP contribution is 2.36. The van der Waals surface area contributed by atoms with Crippen LogP contribution in [-0.4, -0.2) is 51.6 Å². The Morgan fingerprint density at radius 1 is 1.32 bits per heavy atom. The molecule has 1 aromatic carbocycles. The predicted octanol–water partition coefficient (Wildman–Crippen LogP) is 1.70. The van der Waals surface area contributed by atoms with E-state index in [0.29, 0.717) is 5.75 Å². The van der Waals surface area contributed by atoms with Gasteiger partial charge in [-0.25, -0.2) is 12.7 Å². The SMILES string of the molecule is COc1cc(Cl)c(S(=O)(=O)N(C)CC(C)C(=O)O)cc1OC. The molecule has 0 aliphatic rings. The van der Waals surface area contributed by atoms with Crippen molar-refractivity contribution in [3.05, 3.63) is 17.2 Å². The van der Waals surface area contributed by atoms with Crippen LogP contribution in [0.5, 0.6) is 11.5 Å². The minimum Gasteiger partial charge on any atom is -0.493 e. The molecule has 0 saturated heterocycles. The zero-order valence-corrected chi connectivity index (χ0v) is 14.2. The van der Waals surface area contributed by atoms with Crippen molar-refractivity contribution in [2.45, 2.75) is 11.8 Å². The summed E-state index contributed by atoms with van der Waals surface area (Å²) >= 11 is 6.01. The molecule has 0 fully saturated rings. The van der Waals surface area contributed by atoms with Gasteiger partial charge in [0.2, 0.25) is 10.0 Å². The normalized spacial score (nSPS) is 13.0. The second-order valence-electron chi connectivity index (χ2n) is 4.66. The number of carboxylic acids is 1. The summed E-state index contributed by atoms with van der Waals surface area (Å²) in [4.78, 5) is 10.7. The largest absolute Gasteiger partial charge is 0.493 e. The first-order valence-electron chi connectivity index (χ1n) is 6.25. The van der Waals surface area contributed by atoms with Gasteiger partial charge in [-0.2, -0.15) is 0 Å². The van der Waals surface area contributed by atoms with E-state index >= 15 is 0 Å². The average molecular weight is 352 g/mol. The summed E-state index contributed by atoms with van der Waals surface area (Å²) in [6.07, 6.45) is 0. The monoisotopic (exact) mass is 351 g/mol. The number of carbonyl (C=O) groups is 1. The molecule has 0 heterocycles. The van der Waals surface area contributed by atoms with Crippen LogP contribution in [0.2, 0.25) is 5.02 Å². The van der Waals surface area contributed by atoms with Gasteiger partial charge in [0, 0.05) is 25.7 Å². The number of hydrogen-bond donors (Lipinski definition) is 1. The Morgan fingerprint density at radius 3 is 2.27 bits per heavy atom. The van der Waals surface area contributed by atoms with Gasteiger partial charge in [-0.3, -0.25) is 4.79 Å². The van der Waals surface area contributed by atoms with Crippen LogP contribution in [0.15, 0.2) is 17.0 Å². The third kappa shape index (κ3) is 3.82. The van der Waals surface area contributed by atoms with Gasteiger partial charge in [-0.05, 0) is 0 Å². The molecule has 124 valence electrons. The van der Waals surface area contributed by atoms with E-state index in [1.807, 2.05) is 0 Å². The Hall–Kier alpha value is -1.51. The zero-order valence-electron chi connectivity index (χ0n) is 12.7. The third-order valence-corrected chi connectivity index (χ3v) is 5.37. The van der Waals surface area contributed by atoms with Gasteiger partial charge >= 0.3 is 5.97 Å². The zero-order chi connectivity index (χ0) is 17.1. The van der Waals surface area contributed by atoms with Crippen molar-refractivity contribution in [1.29, 1.82) is 0 Å². The lowest BCUT2D eigenvalue weighted by molar-refractivity contribution is -0.141. The van der Waals surface area contributed by atoms with Crippen molar-refractivity contribution in [3.8, 4) is 11.5 Å². The molecular formula is C13H18ClNO6S. The topological polar surface area (TPSA) is 93.1 Å². The molecule has 1 unspecified atom stereocenters. The maximum absolute atomic E-state index is 12.5. The number of carboxylic acid groups (broad SMARTS) is 1. The summed E-state index contributed by atoms with van der Waals surface area (Å²) in [6.45, 7) is 1.24. The molecule has 0 radical (unpaired) electrons. The fraction of sp³-hybridized carbons (Fsp3) is 0.462. The molecule has 7 nitrogen and oxygen atoms in total. The van der Waals surface area contributed by atoms with E-state index in [9.17, 15) is 13.2 Å². The second-order valence-corrected chi connectivity index (χ2v) is 7.08. The van der Waals surface area contributed by atoms with Gasteiger partial charge < -0.3 is 14.6 Å². The average Bonchev–Trinajstić information content (AvgIpc) is 2.46. The summed E-state index contributed by atoms with van der Waals surface area (Å²) in [7, 11) is 0.119. The number of ether oxygens (including phenoxy) is 2. The molecule has 0 aliphatic heterocycles. The van der Waals surface area contributed by atoms with Gasteiger partial charge in [0.25, 0.3) is 0 Å². The molecule has 1 N–H and O–H groups in total. The summed E-state index contributed by atoms with van der Waals surface area (Å²) in [5.41, 5.74) is 0. The minimum absolute atomic E-state index is 0.0347. The Labute approximate surface area is 134 Å². The molecule has 0 aliphatic carbocycles. The van der Waals surface area contributed by atoms with Crippen LogP contribution in [0.4, 0.5) is 0 Å². The van der Waals surface area contributed by atoms with Crippen molar-refractivity contribution in [1.82, 2.24) is 4.31 Å². The van der Waals surface area contributed by atoms with Gasteiger partial charge in [-0.1, -0.05) is 18.5 Å². The van der Waals surface area contributed by atoms with Gasteiger partial charge in [0.1, 0.15) is 4.90 Å². The standard InChI is InChI=1S/C13H18ClNO6S/c1-8(13(16)17)7-15(2)22(18,19)12-6-11(21-4)10(20-3)5-9(12)14/h5-6,8H,7H2,1-4H3,(H,16,17). The van der Waals surface area contributed by atoms with E-state index in [-0.39, 0.29) is 22.2 Å². The second kappa shape index (κ2) is 7.17. The molecule has 0 aromatic heterocycles. The fourth-order valence-electron chi connectivity index (χ4n) is 1.76. The van der Waals surface area contributed by atoms with E-state index < -0.39 is 21.9 Å². The Kier molecular flexibility index (Phi) is 6.04. The molecule has 1 aromatic rings. The molecule has 22 heavy (non-hydrogen) atoms. The lowest BCUT2D eigenvalue weighted by atomic mass is 10.2. The number of hydrogen-bond acceptors (Lipinski definition) is 5. The highest BCUT2D eigenvalue weighted by Gasteiger charge is 2.28. The molecule has 0 saturated carbocycles. The summed E-state index contributed by atoms with van der Waals surface area (Å²) in [5.74, 6) is -1.42. The number of benzene rings is 1. The van der Waals surface area contributed by atoms with Crippen molar-refractivity contribution in [2.24, 2.45) is 5.92 Å². The van der Waals surface area contributed by atoms with Crippen LogP contribution in [-0.2, 0) is 14.8 Å². The van der Waals surface area contributed by atoms with Crippen LogP contribution < -0.4 is 9.47 Å². The van der Waals surface area contributed by atoms with Crippen molar-refractivity contribution in [2.75, 3.05) is 27.8 Å². The number of halogens is 1. The molecule has 1 atom stereocenters. The first kappa shape index (κ1) is 18.5. The molecule has 1 rings (SSSR count). The van der Waals surface area contributed by atoms with Crippen LogP contribution in [0.1, 0.15) is 6.92 Å². The van der Waals surface area contributed by atoms with E-state index in [1.165, 1.54) is 40.3 Å². The first-order valence-corrected chi connectivity index (χ1v) is 8.07. The molecule has 0 amide bonds. The molecule has 0 spiro atoms. The molecule has 0 bridgehead atoms. The minimum atomic E-state index is -3.95. The summed E-state index contributed by atoms with van der Waals surface area (Å²) in [5, 5.41) is 8.85. The Morgan fingerprint density at radius 2 is 1.82 bits per heavy atom. The smallest absolute Gasteiger partial charge is 0.307 e. The lowest BCUT2D eigenvalue weighted by Gasteiger charge is -2.20. The number of sulfonamides is 1. The van der Waals surface area contributed by atoms with Crippen LogP contribution in [0, 0.1) is 5.92 Å². The Bertz CT molecular complexity index is 661. The lowest BCUT2D eigenvalue weighted by Crippen LogP contribution is -2.33. The maximum Gasteiger partial charge on any atom is 0.307 e. The van der Waals surface area contributed by atoms with E-state index in [4.69, 9.17) is 26.2 Å². The van der Waals surface area contributed by atoms with Crippen LogP contribution in [0.25, 0.3) is 0 Å². The first-order chi connectivity index (χ1) is 10.1. The maximum atomic E-state index is 12.5. The van der Waals surface area contributed by atoms with Crippen LogP contribution >= 0.6 is 11.6 Å². The highest BCUT2D eigenvalue weighted by atomic mass is 35.5. The van der Waals surface area contributed by atoms with Gasteiger partial charge in [0.05, 0.1) is 25.2 Å². The quantitative estimate of drug-likeness (QED) is 0.803. The van der Waals surface area contributed by atoms with Gasteiger partial charge in [-0.15, -0.1) is 0 Å². The summed E-state index contributed by atoms with van der Waals surface area (Å²) in [6, 6.07) is 2.58. The van der Waals surface area contributed by atoms with Crippen LogP contribution in [0.3, 0.4) is 0 Å². The van der Waals surface area contributed by atoms with Crippen molar-refractivity contribution in [3.63, 3.8) is 0 Å². The highest BCUT2D eigenvalue weighted by molar-refractivity contribution is 7.89. The molecular weight excluding hydrogens is 334 g/mol. The Balaban J connectivity index is 3.25.